The first-order valence-corrected chi connectivity index (χ1v) is 9.16. The van der Waals surface area contributed by atoms with Crippen molar-refractivity contribution in [3.63, 3.8) is 0 Å². The van der Waals surface area contributed by atoms with E-state index in [1.165, 1.54) is 12.1 Å². The van der Waals surface area contributed by atoms with Crippen molar-refractivity contribution in [2.45, 2.75) is 18.4 Å². The fourth-order valence-electron chi connectivity index (χ4n) is 3.79. The van der Waals surface area contributed by atoms with Crippen LogP contribution in [0.4, 0.5) is 16.2 Å². The van der Waals surface area contributed by atoms with Gasteiger partial charge in [-0.3, -0.25) is 24.6 Å². The number of hydrogen-bond donors (Lipinski definition) is 2. The predicted molar refractivity (Wildman–Crippen MR) is 103 cm³/mol. The zero-order valence-corrected chi connectivity index (χ0v) is 15.7. The lowest BCUT2D eigenvalue weighted by atomic mass is 9.92. The normalized spacial score (nSPS) is 20.0. The molecule has 148 valence electrons. The second-order valence-corrected chi connectivity index (χ2v) is 7.26. The number of benzene rings is 2. The van der Waals surface area contributed by atoms with Crippen molar-refractivity contribution in [3.8, 4) is 0 Å². The van der Waals surface area contributed by atoms with Crippen LogP contribution in [0.1, 0.15) is 17.5 Å². The fraction of sp³-hybridized carbons (Fsp3) is 0.211. The summed E-state index contributed by atoms with van der Waals surface area (Å²) in [5.74, 6) is -1.12. The molecule has 0 aromatic heterocycles. The molecule has 2 aromatic rings. The van der Waals surface area contributed by atoms with E-state index in [9.17, 15) is 24.5 Å². The monoisotopic (exact) mass is 414 g/mol. The van der Waals surface area contributed by atoms with Crippen LogP contribution in [0, 0.1) is 10.1 Å². The topological polar surface area (TPSA) is 122 Å². The number of aryl methyl sites for hydroxylation is 1. The summed E-state index contributed by atoms with van der Waals surface area (Å²) in [6.07, 6.45) is 1.09. The third kappa shape index (κ3) is 3.09. The Morgan fingerprint density at radius 3 is 2.76 bits per heavy atom. The molecule has 0 bridgehead atoms. The molecule has 4 amide bonds. The van der Waals surface area contributed by atoms with E-state index in [-0.39, 0.29) is 16.4 Å². The number of hydrogen-bond acceptors (Lipinski definition) is 5. The van der Waals surface area contributed by atoms with Gasteiger partial charge in [-0.05, 0) is 30.0 Å². The number of non-ortho nitro benzene ring substituents is 1. The van der Waals surface area contributed by atoms with Crippen molar-refractivity contribution in [2.24, 2.45) is 0 Å². The first kappa shape index (κ1) is 18.9. The van der Waals surface area contributed by atoms with Crippen molar-refractivity contribution >= 4 is 40.8 Å². The first-order valence-electron chi connectivity index (χ1n) is 8.78. The van der Waals surface area contributed by atoms with Gasteiger partial charge in [-0.25, -0.2) is 4.79 Å². The predicted octanol–water partition coefficient (Wildman–Crippen LogP) is 2.58. The van der Waals surface area contributed by atoms with Crippen molar-refractivity contribution in [3.05, 3.63) is 68.7 Å². The molecular formula is C19H15ClN4O5. The molecule has 29 heavy (non-hydrogen) atoms. The van der Waals surface area contributed by atoms with E-state index >= 15 is 0 Å². The van der Waals surface area contributed by atoms with Crippen LogP contribution in [0.25, 0.3) is 0 Å². The number of nitro benzene ring substituents is 1. The van der Waals surface area contributed by atoms with Crippen molar-refractivity contribution in [1.82, 2.24) is 10.2 Å². The standard InChI is InChI=1S/C19H15ClN4O5/c20-14-9-12(24(28)29)5-6-15(14)21-16(25)10-23-17(26)19(22-18(23)27)8-7-11-3-1-2-4-13(11)19/h1-6,9H,7-8,10H2,(H,21,25)(H,22,27). The lowest BCUT2D eigenvalue weighted by Crippen LogP contribution is -2.43. The van der Waals surface area contributed by atoms with Crippen molar-refractivity contribution in [1.29, 1.82) is 0 Å². The lowest BCUT2D eigenvalue weighted by molar-refractivity contribution is -0.384. The molecule has 1 spiro atoms. The largest absolute Gasteiger partial charge is 0.325 e. The summed E-state index contributed by atoms with van der Waals surface area (Å²) in [6, 6.07) is 10.3. The van der Waals surface area contributed by atoms with Crippen LogP contribution >= 0.6 is 11.6 Å². The lowest BCUT2D eigenvalue weighted by Gasteiger charge is -2.22. The number of halogens is 1. The second-order valence-electron chi connectivity index (χ2n) is 6.85. The SMILES string of the molecule is O=C(CN1C(=O)NC2(CCc3ccccc32)C1=O)Nc1ccc([N+](=O)[O-])cc1Cl. The van der Waals surface area contributed by atoms with Crippen LogP contribution in [0.3, 0.4) is 0 Å². The minimum absolute atomic E-state index is 0.0223. The van der Waals surface area contributed by atoms with Gasteiger partial charge in [0.15, 0.2) is 0 Å². The van der Waals surface area contributed by atoms with Crippen LogP contribution < -0.4 is 10.6 Å². The molecule has 2 aliphatic rings. The van der Waals surface area contributed by atoms with Gasteiger partial charge in [0.2, 0.25) is 5.91 Å². The molecule has 2 N–H and O–H groups in total. The van der Waals surface area contributed by atoms with Gasteiger partial charge >= 0.3 is 6.03 Å². The summed E-state index contributed by atoms with van der Waals surface area (Å²) in [5, 5.41) is 16.0. The van der Waals surface area contributed by atoms with Crippen LogP contribution in [-0.4, -0.2) is 34.2 Å². The number of anilines is 1. The Hall–Kier alpha value is -3.46. The third-order valence-corrected chi connectivity index (χ3v) is 5.47. The number of nitrogens with zero attached hydrogens (tertiary/aromatic N) is 2. The zero-order valence-electron chi connectivity index (χ0n) is 15.0. The van der Waals surface area contributed by atoms with E-state index in [2.05, 4.69) is 10.6 Å². The number of nitrogens with one attached hydrogen (secondary N) is 2. The maximum Gasteiger partial charge on any atom is 0.325 e. The summed E-state index contributed by atoms with van der Waals surface area (Å²) in [7, 11) is 0. The minimum atomic E-state index is -1.14. The van der Waals surface area contributed by atoms with E-state index in [4.69, 9.17) is 11.6 Å². The van der Waals surface area contributed by atoms with Crippen LogP contribution in [0.15, 0.2) is 42.5 Å². The number of carbonyl (C=O) groups excluding carboxylic acids is 3. The smallest absolute Gasteiger partial charge is 0.323 e. The number of urea groups is 1. The maximum atomic E-state index is 13.0. The van der Waals surface area contributed by atoms with E-state index in [1.807, 2.05) is 12.1 Å². The summed E-state index contributed by atoms with van der Waals surface area (Å²) < 4.78 is 0. The molecule has 1 unspecified atom stereocenters. The molecule has 9 nitrogen and oxygen atoms in total. The summed E-state index contributed by atoms with van der Waals surface area (Å²) in [4.78, 5) is 48.9. The average molecular weight is 415 g/mol. The quantitative estimate of drug-likeness (QED) is 0.452. The zero-order chi connectivity index (χ0) is 20.8. The fourth-order valence-corrected chi connectivity index (χ4v) is 4.01. The average Bonchev–Trinajstić information content (AvgIpc) is 3.17. The molecule has 0 saturated carbocycles. The van der Waals surface area contributed by atoms with Crippen LogP contribution in [-0.2, 0) is 21.5 Å². The molecular weight excluding hydrogens is 400 g/mol. The number of nitro groups is 1. The Morgan fingerprint density at radius 2 is 2.03 bits per heavy atom. The molecule has 0 radical (unpaired) electrons. The van der Waals surface area contributed by atoms with Crippen molar-refractivity contribution in [2.75, 3.05) is 11.9 Å². The van der Waals surface area contributed by atoms with E-state index in [0.29, 0.717) is 12.8 Å². The Bertz CT molecular complexity index is 1070. The number of rotatable bonds is 4. The first-order chi connectivity index (χ1) is 13.8. The summed E-state index contributed by atoms with van der Waals surface area (Å²) in [5.41, 5.74) is 0.530. The highest BCUT2D eigenvalue weighted by molar-refractivity contribution is 6.34. The van der Waals surface area contributed by atoms with Crippen LogP contribution in [0.2, 0.25) is 5.02 Å². The number of carbonyl (C=O) groups is 3. The van der Waals surface area contributed by atoms with Crippen LogP contribution in [0.5, 0.6) is 0 Å². The van der Waals surface area contributed by atoms with Gasteiger partial charge in [0.25, 0.3) is 11.6 Å². The van der Waals surface area contributed by atoms with E-state index in [1.54, 1.807) is 12.1 Å². The molecule has 1 aliphatic heterocycles. The summed E-state index contributed by atoms with van der Waals surface area (Å²) >= 11 is 5.97. The highest BCUT2D eigenvalue weighted by Crippen LogP contribution is 2.41. The molecule has 1 aliphatic carbocycles. The Labute approximate surface area is 169 Å². The maximum absolute atomic E-state index is 13.0. The summed E-state index contributed by atoms with van der Waals surface area (Å²) in [6.45, 7) is -0.498. The number of amides is 4. The van der Waals surface area contributed by atoms with Gasteiger partial charge in [-0.1, -0.05) is 35.9 Å². The highest BCUT2D eigenvalue weighted by Gasteiger charge is 2.55. The third-order valence-electron chi connectivity index (χ3n) is 5.16. The van der Waals surface area contributed by atoms with Gasteiger partial charge in [-0.15, -0.1) is 0 Å². The van der Waals surface area contributed by atoms with Gasteiger partial charge in [0, 0.05) is 12.1 Å². The van der Waals surface area contributed by atoms with Gasteiger partial charge < -0.3 is 10.6 Å². The van der Waals surface area contributed by atoms with E-state index in [0.717, 1.165) is 22.1 Å². The van der Waals surface area contributed by atoms with Gasteiger partial charge in [-0.2, -0.15) is 0 Å². The Morgan fingerprint density at radius 1 is 1.28 bits per heavy atom. The molecule has 10 heteroatoms. The molecule has 4 rings (SSSR count). The molecule has 1 heterocycles. The molecule has 1 atom stereocenters. The Kier molecular flexibility index (Phi) is 4.46. The number of fused-ring (bicyclic) bond motifs is 2. The minimum Gasteiger partial charge on any atom is -0.323 e. The number of imide groups is 1. The second kappa shape index (κ2) is 6.85. The van der Waals surface area contributed by atoms with Gasteiger partial charge in [0.1, 0.15) is 12.1 Å². The van der Waals surface area contributed by atoms with E-state index < -0.39 is 34.9 Å². The molecule has 1 fully saturated rings. The highest BCUT2D eigenvalue weighted by atomic mass is 35.5. The Balaban J connectivity index is 1.50. The molecule has 1 saturated heterocycles. The van der Waals surface area contributed by atoms with Crippen molar-refractivity contribution < 1.29 is 19.3 Å². The van der Waals surface area contributed by atoms with Gasteiger partial charge in [0.05, 0.1) is 15.6 Å². The molecule has 2 aromatic carbocycles.